The maximum absolute atomic E-state index is 11.2. The Kier molecular flexibility index (Phi) is 4.11. The van der Waals surface area contributed by atoms with Gasteiger partial charge in [-0.15, -0.1) is 0 Å². The Bertz CT molecular complexity index is 122. The summed E-state index contributed by atoms with van der Waals surface area (Å²) in [5.74, 6) is -0.190. The Morgan fingerprint density at radius 3 is 2.00 bits per heavy atom. The molecular formula is C8H17NO2. The van der Waals surface area contributed by atoms with Gasteiger partial charge in [-0.2, -0.15) is 0 Å². The van der Waals surface area contributed by atoms with Gasteiger partial charge in [0.25, 0.3) is 0 Å². The predicted molar refractivity (Wildman–Crippen MR) is 44.1 cm³/mol. The van der Waals surface area contributed by atoms with Crippen LogP contribution in [0.2, 0.25) is 0 Å². The Balaban J connectivity index is 4.39. The molecule has 3 nitrogen and oxygen atoms in total. The Labute approximate surface area is 67.9 Å². The van der Waals surface area contributed by atoms with E-state index in [9.17, 15) is 4.79 Å². The zero-order chi connectivity index (χ0) is 8.91. The Morgan fingerprint density at radius 1 is 1.45 bits per heavy atom. The first kappa shape index (κ1) is 10.4. The van der Waals surface area contributed by atoms with Crippen LogP contribution < -0.4 is 5.73 Å². The number of rotatable bonds is 4. The molecule has 2 N–H and O–H groups in total. The lowest BCUT2D eigenvalue weighted by Crippen LogP contribution is -2.38. The molecule has 0 rings (SSSR count). The average molecular weight is 159 g/mol. The zero-order valence-corrected chi connectivity index (χ0v) is 7.52. The molecular weight excluding hydrogens is 142 g/mol. The first-order chi connectivity index (χ1) is 5.16. The molecule has 66 valence electrons. The van der Waals surface area contributed by atoms with Gasteiger partial charge in [0.2, 0.25) is 0 Å². The van der Waals surface area contributed by atoms with Gasteiger partial charge in [-0.05, 0) is 12.8 Å². The molecule has 0 amide bonds. The van der Waals surface area contributed by atoms with Crippen molar-refractivity contribution in [1.29, 1.82) is 0 Å². The summed E-state index contributed by atoms with van der Waals surface area (Å²) in [6, 6.07) is 0. The molecule has 0 aromatic carbocycles. The van der Waals surface area contributed by atoms with Crippen LogP contribution in [0.25, 0.3) is 0 Å². The van der Waals surface area contributed by atoms with Crippen LogP contribution in [0.5, 0.6) is 0 Å². The SMILES string of the molecule is CCC(CC)(CN)C(=O)OC. The number of hydrogen-bond donors (Lipinski definition) is 1. The van der Waals surface area contributed by atoms with Crippen LogP contribution in [0, 0.1) is 5.41 Å². The number of carbonyl (C=O) groups is 1. The zero-order valence-electron chi connectivity index (χ0n) is 7.52. The second-order valence-corrected chi connectivity index (χ2v) is 2.68. The van der Waals surface area contributed by atoms with E-state index >= 15 is 0 Å². The smallest absolute Gasteiger partial charge is 0.313 e. The molecule has 0 aliphatic heterocycles. The minimum absolute atomic E-state index is 0.190. The Hall–Kier alpha value is -0.570. The standard InChI is InChI=1S/C8H17NO2/c1-4-8(5-2,6-9)7(10)11-3/h4-6,9H2,1-3H3. The quantitative estimate of drug-likeness (QED) is 0.621. The van der Waals surface area contributed by atoms with Crippen LogP contribution in [0.3, 0.4) is 0 Å². The molecule has 0 fully saturated rings. The highest BCUT2D eigenvalue weighted by Crippen LogP contribution is 2.25. The van der Waals surface area contributed by atoms with E-state index in [2.05, 4.69) is 4.74 Å². The lowest BCUT2D eigenvalue weighted by atomic mass is 9.83. The first-order valence-electron chi connectivity index (χ1n) is 3.95. The van der Waals surface area contributed by atoms with Crippen LogP contribution in [0.4, 0.5) is 0 Å². The summed E-state index contributed by atoms with van der Waals surface area (Å²) >= 11 is 0. The summed E-state index contributed by atoms with van der Waals surface area (Å²) in [7, 11) is 1.40. The van der Waals surface area contributed by atoms with Gasteiger partial charge in [0.15, 0.2) is 0 Å². The summed E-state index contributed by atoms with van der Waals surface area (Å²) in [5, 5.41) is 0. The summed E-state index contributed by atoms with van der Waals surface area (Å²) in [5.41, 5.74) is 5.05. The van der Waals surface area contributed by atoms with Crippen molar-refractivity contribution in [3.05, 3.63) is 0 Å². The molecule has 0 heterocycles. The fraction of sp³-hybridized carbons (Fsp3) is 0.875. The monoisotopic (exact) mass is 159 g/mol. The van der Waals surface area contributed by atoms with E-state index in [1.165, 1.54) is 7.11 Å². The van der Waals surface area contributed by atoms with Crippen molar-refractivity contribution in [2.75, 3.05) is 13.7 Å². The molecule has 0 aromatic heterocycles. The first-order valence-corrected chi connectivity index (χ1v) is 3.95. The molecule has 0 aliphatic carbocycles. The number of nitrogens with two attached hydrogens (primary N) is 1. The number of ether oxygens (including phenoxy) is 1. The van der Waals surface area contributed by atoms with Crippen molar-refractivity contribution in [3.63, 3.8) is 0 Å². The third-order valence-corrected chi connectivity index (χ3v) is 2.36. The van der Waals surface area contributed by atoms with Gasteiger partial charge in [-0.3, -0.25) is 4.79 Å². The van der Waals surface area contributed by atoms with E-state index in [-0.39, 0.29) is 5.97 Å². The third kappa shape index (κ3) is 1.93. The van der Waals surface area contributed by atoms with Crippen molar-refractivity contribution in [2.45, 2.75) is 26.7 Å². The van der Waals surface area contributed by atoms with E-state index in [1.54, 1.807) is 0 Å². The van der Waals surface area contributed by atoms with Gasteiger partial charge in [-0.1, -0.05) is 13.8 Å². The summed E-state index contributed by atoms with van der Waals surface area (Å²) in [6.45, 7) is 4.27. The van der Waals surface area contributed by atoms with Crippen molar-refractivity contribution < 1.29 is 9.53 Å². The third-order valence-electron chi connectivity index (χ3n) is 2.36. The highest BCUT2D eigenvalue weighted by atomic mass is 16.5. The van der Waals surface area contributed by atoms with Crippen LogP contribution in [0.1, 0.15) is 26.7 Å². The van der Waals surface area contributed by atoms with Crippen LogP contribution in [-0.2, 0) is 9.53 Å². The van der Waals surface area contributed by atoms with Crippen LogP contribution >= 0.6 is 0 Å². The Morgan fingerprint density at radius 2 is 1.91 bits per heavy atom. The number of methoxy groups -OCH3 is 1. The lowest BCUT2D eigenvalue weighted by molar-refractivity contribution is -0.152. The molecule has 11 heavy (non-hydrogen) atoms. The molecule has 0 radical (unpaired) electrons. The predicted octanol–water partition coefficient (Wildman–Crippen LogP) is 0.924. The maximum atomic E-state index is 11.2. The molecule has 0 bridgehead atoms. The van der Waals surface area contributed by atoms with E-state index in [4.69, 9.17) is 5.73 Å². The van der Waals surface area contributed by atoms with E-state index < -0.39 is 5.41 Å². The van der Waals surface area contributed by atoms with Crippen molar-refractivity contribution in [3.8, 4) is 0 Å². The van der Waals surface area contributed by atoms with Crippen molar-refractivity contribution in [1.82, 2.24) is 0 Å². The maximum Gasteiger partial charge on any atom is 0.313 e. The molecule has 0 aliphatic rings. The molecule has 0 saturated carbocycles. The largest absolute Gasteiger partial charge is 0.469 e. The minimum Gasteiger partial charge on any atom is -0.469 e. The fourth-order valence-corrected chi connectivity index (χ4v) is 1.13. The molecule has 0 saturated heterocycles. The lowest BCUT2D eigenvalue weighted by Gasteiger charge is -2.26. The summed E-state index contributed by atoms with van der Waals surface area (Å²) < 4.78 is 4.67. The average Bonchev–Trinajstić information content (AvgIpc) is 2.08. The van der Waals surface area contributed by atoms with Crippen molar-refractivity contribution >= 4 is 5.97 Å². The molecule has 3 heteroatoms. The minimum atomic E-state index is -0.450. The number of esters is 1. The van der Waals surface area contributed by atoms with Gasteiger partial charge in [0, 0.05) is 6.54 Å². The van der Waals surface area contributed by atoms with Gasteiger partial charge < -0.3 is 10.5 Å². The van der Waals surface area contributed by atoms with E-state index in [0.717, 1.165) is 12.8 Å². The normalized spacial score (nSPS) is 11.3. The van der Waals surface area contributed by atoms with Gasteiger partial charge >= 0.3 is 5.97 Å². The number of carbonyl (C=O) groups excluding carboxylic acids is 1. The summed E-state index contributed by atoms with van der Waals surface area (Å²) in [6.07, 6.45) is 1.49. The molecule has 0 aromatic rings. The van der Waals surface area contributed by atoms with Gasteiger partial charge in [0.05, 0.1) is 12.5 Å². The topological polar surface area (TPSA) is 52.3 Å². The molecule has 0 spiro atoms. The van der Waals surface area contributed by atoms with E-state index in [1.807, 2.05) is 13.8 Å². The highest BCUT2D eigenvalue weighted by Gasteiger charge is 2.34. The fourth-order valence-electron chi connectivity index (χ4n) is 1.13. The molecule has 0 unspecified atom stereocenters. The second-order valence-electron chi connectivity index (χ2n) is 2.68. The highest BCUT2D eigenvalue weighted by molar-refractivity contribution is 5.76. The van der Waals surface area contributed by atoms with Crippen molar-refractivity contribution in [2.24, 2.45) is 11.1 Å². The summed E-state index contributed by atoms with van der Waals surface area (Å²) in [4.78, 5) is 11.2. The van der Waals surface area contributed by atoms with Gasteiger partial charge in [0.1, 0.15) is 0 Å². The van der Waals surface area contributed by atoms with Gasteiger partial charge in [-0.25, -0.2) is 0 Å². The number of hydrogen-bond acceptors (Lipinski definition) is 3. The van der Waals surface area contributed by atoms with Crippen LogP contribution in [0.15, 0.2) is 0 Å². The van der Waals surface area contributed by atoms with E-state index in [0.29, 0.717) is 6.54 Å². The second kappa shape index (κ2) is 4.34. The van der Waals surface area contributed by atoms with Crippen LogP contribution in [-0.4, -0.2) is 19.6 Å². The molecule has 0 atom stereocenters.